The lowest BCUT2D eigenvalue weighted by atomic mass is 9.92. The average Bonchev–Trinajstić information content (AvgIpc) is 3.26. The van der Waals surface area contributed by atoms with Gasteiger partial charge in [0.15, 0.2) is 6.21 Å². The van der Waals surface area contributed by atoms with Crippen LogP contribution in [0.1, 0.15) is 5.56 Å². The predicted octanol–water partition coefficient (Wildman–Crippen LogP) is 5.92. The Labute approximate surface area is 218 Å². The van der Waals surface area contributed by atoms with Gasteiger partial charge in [0.1, 0.15) is 11.6 Å². The van der Waals surface area contributed by atoms with Crippen molar-refractivity contribution in [3.63, 3.8) is 0 Å². The van der Waals surface area contributed by atoms with Crippen LogP contribution in [0.5, 0.6) is 0 Å². The highest BCUT2D eigenvalue weighted by Crippen LogP contribution is 2.37. The van der Waals surface area contributed by atoms with Crippen LogP contribution >= 0.6 is 11.6 Å². The van der Waals surface area contributed by atoms with Crippen molar-refractivity contribution in [3.05, 3.63) is 112 Å². The van der Waals surface area contributed by atoms with E-state index in [0.717, 1.165) is 39.3 Å². The van der Waals surface area contributed by atoms with Crippen LogP contribution in [0.3, 0.4) is 0 Å². The summed E-state index contributed by atoms with van der Waals surface area (Å²) in [5.74, 6) is -0.452. The van der Waals surface area contributed by atoms with Gasteiger partial charge in [-0.3, -0.25) is 4.79 Å². The number of anilines is 1. The molecule has 0 spiro atoms. The average molecular weight is 508 g/mol. The molecule has 4 aromatic carbocycles. The number of imidazole rings is 1. The fourth-order valence-electron chi connectivity index (χ4n) is 5.03. The Balaban J connectivity index is 1.51. The number of amides is 1. The van der Waals surface area contributed by atoms with Crippen molar-refractivity contribution in [1.29, 1.82) is 0 Å². The SMILES string of the molecule is CN1C(=O)C(Cc2ccccc2-c2ccccc2)C=[N+](c2ccc3[nH]c(=O)[nH]c3c2)c2cc(Cl)ccc21. The number of aromatic nitrogens is 2. The Morgan fingerprint density at radius 1 is 0.865 bits per heavy atom. The van der Waals surface area contributed by atoms with E-state index in [1.807, 2.05) is 71.5 Å². The topological polar surface area (TPSA) is 72.0 Å². The van der Waals surface area contributed by atoms with Gasteiger partial charge in [-0.2, -0.15) is 4.58 Å². The van der Waals surface area contributed by atoms with E-state index < -0.39 is 5.92 Å². The van der Waals surface area contributed by atoms with Crippen LogP contribution in [-0.4, -0.2) is 29.1 Å². The van der Waals surface area contributed by atoms with Crippen LogP contribution in [0.15, 0.2) is 95.8 Å². The van der Waals surface area contributed by atoms with Gasteiger partial charge in [-0.25, -0.2) is 4.79 Å². The molecule has 6 rings (SSSR count). The molecule has 7 heteroatoms. The number of rotatable bonds is 4. The predicted molar refractivity (Wildman–Crippen MR) is 150 cm³/mol. The second-order valence-electron chi connectivity index (χ2n) is 9.19. The molecule has 1 aliphatic rings. The summed E-state index contributed by atoms with van der Waals surface area (Å²) in [6.07, 6.45) is 2.49. The second-order valence-corrected chi connectivity index (χ2v) is 9.63. The van der Waals surface area contributed by atoms with Gasteiger partial charge in [0.2, 0.25) is 17.3 Å². The van der Waals surface area contributed by atoms with Crippen LogP contribution in [0.4, 0.5) is 17.1 Å². The number of H-pyrrole nitrogens is 2. The molecular formula is C30H24ClN4O2+. The van der Waals surface area contributed by atoms with E-state index in [9.17, 15) is 9.59 Å². The zero-order valence-corrected chi connectivity index (χ0v) is 20.9. The molecule has 1 aromatic heterocycles. The van der Waals surface area contributed by atoms with Gasteiger partial charge in [0.25, 0.3) is 0 Å². The van der Waals surface area contributed by atoms with E-state index >= 15 is 0 Å². The van der Waals surface area contributed by atoms with Crippen molar-refractivity contribution in [1.82, 2.24) is 14.5 Å². The summed E-state index contributed by atoms with van der Waals surface area (Å²) in [5.41, 5.74) is 6.82. The summed E-state index contributed by atoms with van der Waals surface area (Å²) in [4.78, 5) is 33.0. The summed E-state index contributed by atoms with van der Waals surface area (Å²) >= 11 is 6.42. The Morgan fingerprint density at radius 3 is 2.46 bits per heavy atom. The number of carbonyl (C=O) groups is 1. The first kappa shape index (κ1) is 23.0. The minimum atomic E-state index is -0.443. The summed E-state index contributed by atoms with van der Waals surface area (Å²) < 4.78 is 2.00. The number of benzene rings is 4. The lowest BCUT2D eigenvalue weighted by molar-refractivity contribution is -0.120. The summed E-state index contributed by atoms with van der Waals surface area (Å²) in [5, 5.41) is 0.571. The number of fused-ring (bicyclic) bond motifs is 2. The van der Waals surface area contributed by atoms with Gasteiger partial charge in [0, 0.05) is 30.3 Å². The lowest BCUT2D eigenvalue weighted by Crippen LogP contribution is -2.34. The van der Waals surface area contributed by atoms with E-state index in [0.29, 0.717) is 17.0 Å². The number of hydrogen-bond donors (Lipinski definition) is 2. The third-order valence-corrected chi connectivity index (χ3v) is 7.09. The monoisotopic (exact) mass is 507 g/mol. The highest BCUT2D eigenvalue weighted by atomic mass is 35.5. The van der Waals surface area contributed by atoms with Crippen molar-refractivity contribution in [2.24, 2.45) is 5.92 Å². The second kappa shape index (κ2) is 9.22. The number of hydrogen-bond acceptors (Lipinski definition) is 2. The molecule has 1 atom stereocenters. The number of carbonyl (C=O) groups excluding carboxylic acids is 1. The fourth-order valence-corrected chi connectivity index (χ4v) is 5.20. The number of aromatic amines is 2. The van der Waals surface area contributed by atoms with Gasteiger partial charge < -0.3 is 14.9 Å². The van der Waals surface area contributed by atoms with E-state index in [4.69, 9.17) is 11.6 Å². The van der Waals surface area contributed by atoms with Gasteiger partial charge in [0.05, 0.1) is 11.0 Å². The highest BCUT2D eigenvalue weighted by molar-refractivity contribution is 6.31. The number of halogens is 1. The largest absolute Gasteiger partial charge is 0.323 e. The Kier molecular flexibility index (Phi) is 5.74. The van der Waals surface area contributed by atoms with Gasteiger partial charge in [-0.05, 0) is 41.3 Å². The maximum Gasteiger partial charge on any atom is 0.323 e. The standard InChI is InChI=1S/C30H23ClN4O2/c1-34-27-14-11-22(31)16-28(27)35(23-12-13-25-26(17-23)33-30(37)32-25)18-21(29(34)36)15-20-9-5-6-10-24(20)19-7-3-2-4-8-19/h2-14,16-18,21H,15H2,1H3,(H-,32,33,37)/p+1. The molecule has 1 unspecified atom stereocenters. The zero-order valence-electron chi connectivity index (χ0n) is 20.1. The van der Waals surface area contributed by atoms with Gasteiger partial charge in [-0.15, -0.1) is 0 Å². The molecule has 37 heavy (non-hydrogen) atoms. The number of nitrogens with zero attached hydrogens (tertiary/aromatic N) is 2. The third-order valence-electron chi connectivity index (χ3n) is 6.85. The number of nitrogens with one attached hydrogen (secondary N) is 2. The molecule has 0 saturated carbocycles. The molecular weight excluding hydrogens is 484 g/mol. The molecule has 1 aliphatic heterocycles. The Hall–Kier alpha value is -4.42. The van der Waals surface area contributed by atoms with Gasteiger partial charge in [-0.1, -0.05) is 66.2 Å². The van der Waals surface area contributed by atoms with Crippen LogP contribution < -0.4 is 15.2 Å². The zero-order chi connectivity index (χ0) is 25.5. The molecule has 5 aromatic rings. The van der Waals surface area contributed by atoms with E-state index in [-0.39, 0.29) is 11.6 Å². The van der Waals surface area contributed by atoms with Gasteiger partial charge >= 0.3 is 5.69 Å². The minimum absolute atomic E-state index is 0.00920. The van der Waals surface area contributed by atoms with Crippen LogP contribution in [-0.2, 0) is 11.2 Å². The summed E-state index contributed by atoms with van der Waals surface area (Å²) in [6, 6.07) is 29.6. The summed E-state index contributed by atoms with van der Waals surface area (Å²) in [6.45, 7) is 0. The molecule has 182 valence electrons. The Bertz CT molecular complexity index is 1740. The molecule has 2 N–H and O–H groups in total. The molecule has 0 saturated heterocycles. The first-order valence-electron chi connectivity index (χ1n) is 12.0. The third kappa shape index (κ3) is 4.26. The lowest BCUT2D eigenvalue weighted by Gasteiger charge is -2.19. The van der Waals surface area contributed by atoms with E-state index in [2.05, 4.69) is 34.2 Å². The molecule has 1 amide bonds. The maximum absolute atomic E-state index is 13.8. The van der Waals surface area contributed by atoms with Crippen LogP contribution in [0.2, 0.25) is 5.02 Å². The van der Waals surface area contributed by atoms with Crippen molar-refractivity contribution in [2.75, 3.05) is 11.9 Å². The summed E-state index contributed by atoms with van der Waals surface area (Å²) in [7, 11) is 1.80. The quantitative estimate of drug-likeness (QED) is 0.296. The van der Waals surface area contributed by atoms with Crippen LogP contribution in [0, 0.1) is 5.92 Å². The first-order chi connectivity index (χ1) is 18.0. The molecule has 0 aliphatic carbocycles. The molecule has 0 bridgehead atoms. The Morgan fingerprint density at radius 2 is 1.62 bits per heavy atom. The maximum atomic E-state index is 13.8. The molecule has 0 radical (unpaired) electrons. The van der Waals surface area contributed by atoms with Crippen molar-refractivity contribution in [2.45, 2.75) is 6.42 Å². The van der Waals surface area contributed by atoms with E-state index in [1.54, 1.807) is 18.0 Å². The highest BCUT2D eigenvalue weighted by Gasteiger charge is 2.35. The molecule has 6 nitrogen and oxygen atoms in total. The molecule has 0 fully saturated rings. The van der Waals surface area contributed by atoms with Crippen molar-refractivity contribution < 1.29 is 4.79 Å². The van der Waals surface area contributed by atoms with E-state index in [1.165, 1.54) is 0 Å². The van der Waals surface area contributed by atoms with Crippen molar-refractivity contribution >= 4 is 51.8 Å². The minimum Gasteiger partial charge on any atom is -0.309 e. The van der Waals surface area contributed by atoms with Crippen molar-refractivity contribution in [3.8, 4) is 11.1 Å². The first-order valence-corrected chi connectivity index (χ1v) is 12.4. The molecule has 2 heterocycles. The fraction of sp³-hybridized carbons (Fsp3) is 0.100. The normalized spacial score (nSPS) is 15.4. The van der Waals surface area contributed by atoms with Crippen LogP contribution in [0.25, 0.3) is 22.2 Å². The smallest absolute Gasteiger partial charge is 0.309 e.